The van der Waals surface area contributed by atoms with Gasteiger partial charge >= 0.3 is 0 Å². The number of ketones is 9. The summed E-state index contributed by atoms with van der Waals surface area (Å²) >= 11 is 0. The van der Waals surface area contributed by atoms with Gasteiger partial charge in [-0.1, -0.05) is 228 Å². The highest BCUT2D eigenvalue weighted by molar-refractivity contribution is 6.55. The topological polar surface area (TPSA) is 154 Å². The van der Waals surface area contributed by atoms with Gasteiger partial charge in [0.25, 0.3) is 0 Å². The van der Waals surface area contributed by atoms with Crippen molar-refractivity contribution in [3.05, 3.63) is 240 Å². The van der Waals surface area contributed by atoms with Gasteiger partial charge in [0.05, 0.1) is 11.8 Å². The average Bonchev–Trinajstić information content (AvgIpc) is 1.57. The Bertz CT molecular complexity index is 4650. The van der Waals surface area contributed by atoms with Crippen molar-refractivity contribution < 1.29 is 43.2 Å². The van der Waals surface area contributed by atoms with Gasteiger partial charge in [0, 0.05) is 81.6 Å². The van der Waals surface area contributed by atoms with Gasteiger partial charge in [-0.05, 0) is 257 Å². The molecule has 6 aliphatic rings. The molecule has 112 heavy (non-hydrogen) atoms. The van der Waals surface area contributed by atoms with Gasteiger partial charge in [0.15, 0.2) is 17.3 Å². The summed E-state index contributed by atoms with van der Waals surface area (Å²) in [6.07, 6.45) is 20.1. The van der Waals surface area contributed by atoms with E-state index in [0.29, 0.717) is 64.2 Å². The van der Waals surface area contributed by atoms with Crippen LogP contribution in [0.1, 0.15) is 299 Å². The number of Topliss-reactive ketones (excluding diaryl/α,β-unsaturated/α-hetero) is 9. The van der Waals surface area contributed by atoms with Crippen molar-refractivity contribution in [2.45, 2.75) is 246 Å². The highest BCUT2D eigenvalue weighted by Gasteiger charge is 2.42. The highest BCUT2D eigenvalue weighted by Crippen LogP contribution is 2.49. The Morgan fingerprint density at radius 3 is 1.25 bits per heavy atom. The minimum atomic E-state index is -0.570. The second kappa shape index (κ2) is 37.1. The van der Waals surface area contributed by atoms with Crippen LogP contribution in [0.25, 0.3) is 16.7 Å². The number of carbonyl (C=O) groups excluding carboxylic acids is 9. The summed E-state index contributed by atoms with van der Waals surface area (Å²) in [7, 11) is 0. The monoisotopic (exact) mass is 1510 g/mol. The van der Waals surface area contributed by atoms with E-state index < -0.39 is 29.2 Å². The quantitative estimate of drug-likeness (QED) is 0.0293. The van der Waals surface area contributed by atoms with Crippen LogP contribution in [0.2, 0.25) is 0 Å². The molecule has 0 bridgehead atoms. The van der Waals surface area contributed by atoms with E-state index in [1.165, 1.54) is 44.5 Å². The first-order valence-electron chi connectivity index (χ1n) is 42.4. The molecule has 6 aliphatic carbocycles. The van der Waals surface area contributed by atoms with Gasteiger partial charge in [0.1, 0.15) is 11.6 Å². The van der Waals surface area contributed by atoms with Crippen molar-refractivity contribution >= 4 is 68.8 Å². The summed E-state index contributed by atoms with van der Waals surface area (Å²) < 4.78 is 0. The van der Waals surface area contributed by atoms with Gasteiger partial charge in [0.2, 0.25) is 23.1 Å². The molecule has 0 heterocycles. The van der Waals surface area contributed by atoms with E-state index in [1.807, 2.05) is 58.9 Å². The number of allylic oxidation sites excluding steroid dienone is 7. The Morgan fingerprint density at radius 2 is 0.821 bits per heavy atom. The fourth-order valence-corrected chi connectivity index (χ4v) is 18.6. The zero-order chi connectivity index (χ0) is 81.6. The minimum absolute atomic E-state index is 0.0106. The lowest BCUT2D eigenvalue weighted by atomic mass is 9.65. The Kier molecular flexibility index (Phi) is 28.4. The van der Waals surface area contributed by atoms with Crippen molar-refractivity contribution in [2.24, 2.45) is 76.9 Å². The molecule has 9 heteroatoms. The lowest BCUT2D eigenvalue weighted by Gasteiger charge is -2.38. The van der Waals surface area contributed by atoms with Crippen molar-refractivity contribution in [3.8, 4) is 0 Å². The summed E-state index contributed by atoms with van der Waals surface area (Å²) in [6, 6.07) is 38.3. The smallest absolute Gasteiger partial charge is 0.229 e. The number of aryl methyl sites for hydroxylation is 6. The fraction of sp³-hybridized carbons (Fsp3) is 0.485. The first-order valence-corrected chi connectivity index (χ1v) is 42.4. The zero-order valence-corrected chi connectivity index (χ0v) is 70.8. The third-order valence-corrected chi connectivity index (χ3v) is 26.1. The van der Waals surface area contributed by atoms with Crippen LogP contribution < -0.4 is 0 Å². The molecule has 8 atom stereocenters. The molecule has 0 aliphatic heterocycles. The van der Waals surface area contributed by atoms with Crippen LogP contribution in [0.4, 0.5) is 0 Å². The highest BCUT2D eigenvalue weighted by atomic mass is 16.2. The van der Waals surface area contributed by atoms with Gasteiger partial charge in [-0.15, -0.1) is 0 Å². The molecular formula is C103H126O9. The second-order valence-electron chi connectivity index (χ2n) is 36.1. The van der Waals surface area contributed by atoms with E-state index in [2.05, 4.69) is 167 Å². The number of hydrogen-bond acceptors (Lipinski definition) is 9. The van der Waals surface area contributed by atoms with Crippen molar-refractivity contribution in [3.63, 3.8) is 0 Å². The number of rotatable bonds is 26. The predicted molar refractivity (Wildman–Crippen MR) is 457 cm³/mol. The molecule has 0 spiro atoms. The van der Waals surface area contributed by atoms with E-state index in [4.69, 9.17) is 0 Å². The summed E-state index contributed by atoms with van der Waals surface area (Å²) in [5.41, 5.74) is 21.3. The molecule has 0 amide bonds. The Balaban J connectivity index is 0.000000179. The first kappa shape index (κ1) is 85.7. The second-order valence-corrected chi connectivity index (χ2v) is 36.1. The largest absolute Gasteiger partial charge is 0.299 e. The molecule has 6 aromatic carbocycles. The fourth-order valence-electron chi connectivity index (χ4n) is 18.6. The Hall–Kier alpha value is -8.69. The van der Waals surface area contributed by atoms with Crippen LogP contribution in [-0.4, -0.2) is 52.0 Å². The third kappa shape index (κ3) is 19.6. The van der Waals surface area contributed by atoms with Crippen LogP contribution in [0.15, 0.2) is 140 Å². The van der Waals surface area contributed by atoms with Gasteiger partial charge in [-0.3, -0.25) is 43.2 Å². The molecule has 0 saturated heterocycles. The maximum Gasteiger partial charge on any atom is 0.229 e. The molecule has 6 aromatic rings. The van der Waals surface area contributed by atoms with Gasteiger partial charge < -0.3 is 0 Å². The molecule has 3 saturated carbocycles. The third-order valence-electron chi connectivity index (χ3n) is 26.1. The molecule has 7 unspecified atom stereocenters. The number of fused-ring (bicyclic) bond motifs is 3. The SMILES string of the molecule is C=C(C(C)C)C(C)C1=CC(C(=O)CCC)c2cc(C)c(C(=O)C3CC(C)C(Cc4ccc(C)cc4)C[C@H]3C)cc21.Cc1ccc(CC2CCC(C(=O)c3cc4c(cc3C)C(C(=O)C(C)C)C=C4C(=O)C(=O)C(C)C)CC2)cc1.Cc1ccc(CC2CCC(C(=O)c3cc4c(cc3C)C(C)C=C4C(=O)C(=O)C(C)C)CC2)cc1. The molecule has 9 nitrogen and oxygen atoms in total. The van der Waals surface area contributed by atoms with E-state index in [0.717, 1.165) is 140 Å². The van der Waals surface area contributed by atoms with Crippen LogP contribution in [0, 0.1) is 118 Å². The molecule has 0 radical (unpaired) electrons. The van der Waals surface area contributed by atoms with E-state index in [9.17, 15) is 43.2 Å². The number of benzene rings is 6. The molecule has 0 aromatic heterocycles. The Labute approximate surface area is 670 Å². The molecule has 592 valence electrons. The van der Waals surface area contributed by atoms with E-state index >= 15 is 0 Å². The van der Waals surface area contributed by atoms with E-state index in [-0.39, 0.29) is 87.6 Å². The van der Waals surface area contributed by atoms with Crippen molar-refractivity contribution in [1.82, 2.24) is 0 Å². The van der Waals surface area contributed by atoms with Crippen LogP contribution in [0.5, 0.6) is 0 Å². The van der Waals surface area contributed by atoms with Crippen molar-refractivity contribution in [1.29, 1.82) is 0 Å². The molecule has 12 rings (SSSR count). The zero-order valence-electron chi connectivity index (χ0n) is 70.8. The standard InChI is InChI=1S/C38H50O2.C34H40O4.C31H36O3/c1-10-11-37(39)36-21-33(28(9)27(8)22(2)3)35-20-32(26(7)18-34(35)36)38(40)31-17-24(5)30(16-25(31)6)19-29-14-12-23(4)13-15-29;1-19(2)31(35)29-18-30(34(38)32(36)20(3)4)28-17-26(22(6)15-27(28)29)33(37)25-13-11-24(12-14-25)16-23-9-7-21(5)8-10-23;1-18(2)29(32)31(34)28-15-20(4)25-14-21(5)26(17-27(25)28)30(33)24-12-10-23(11-13-24)16-22-8-6-19(3)7-9-22/h12-15,18,20-22,24-25,28,30-31,36H,8,10-11,16-17,19H2,1-7,9H3;7-10,15,17-20,24-25,29H,11-14,16H2,1-6H3;6-9,14-15,17-18,20,23-24H,10-13,16H2,1-5H3/t24?,25-,28?,30?,31?,36?;;/m1../s1. The summed E-state index contributed by atoms with van der Waals surface area (Å²) in [5, 5.41) is 0. The van der Waals surface area contributed by atoms with Crippen LogP contribution in [0.3, 0.4) is 0 Å². The molecule has 0 N–H and O–H groups in total. The summed E-state index contributed by atoms with van der Waals surface area (Å²) in [6.45, 7) is 42.5. The summed E-state index contributed by atoms with van der Waals surface area (Å²) in [4.78, 5) is 119. The number of carbonyl (C=O) groups is 9. The molecular weight excluding hydrogens is 1380 g/mol. The lowest BCUT2D eigenvalue weighted by Crippen LogP contribution is -2.35. The maximum absolute atomic E-state index is 14.2. The van der Waals surface area contributed by atoms with Gasteiger partial charge in [-0.2, -0.15) is 0 Å². The molecule has 3 fully saturated rings. The summed E-state index contributed by atoms with van der Waals surface area (Å²) in [5.74, 6) is 0.502. The number of hydrogen-bond donors (Lipinski definition) is 0. The van der Waals surface area contributed by atoms with Crippen molar-refractivity contribution in [2.75, 3.05) is 0 Å². The lowest BCUT2D eigenvalue weighted by molar-refractivity contribution is -0.135. The first-order chi connectivity index (χ1) is 53.0. The maximum atomic E-state index is 14.2. The average molecular weight is 1510 g/mol. The van der Waals surface area contributed by atoms with Gasteiger partial charge in [-0.25, -0.2) is 0 Å². The minimum Gasteiger partial charge on any atom is -0.299 e. The van der Waals surface area contributed by atoms with Crippen LogP contribution in [-0.2, 0) is 48.0 Å². The normalized spacial score (nSPS) is 22.6. The Morgan fingerprint density at radius 1 is 0.420 bits per heavy atom. The van der Waals surface area contributed by atoms with E-state index in [1.54, 1.807) is 39.8 Å². The van der Waals surface area contributed by atoms with Crippen LogP contribution >= 0.6 is 0 Å². The predicted octanol–water partition coefficient (Wildman–Crippen LogP) is 23.6.